The van der Waals surface area contributed by atoms with E-state index in [0.717, 1.165) is 4.47 Å². The molecule has 1 amide bonds. The Balaban J connectivity index is 1.56. The largest absolute Gasteiger partial charge is 0.452 e. The fourth-order valence-electron chi connectivity index (χ4n) is 2.96. The standard InChI is InChI=1S/C23H16BrN3O3/c24-15-6-5-7-16(12-15)26-22(28)14-30-23(29)18-13-21(20-10-3-4-11-25-20)27-19-9-2-1-8-17(18)19/h1-13H,14H2,(H,26,28). The summed E-state index contributed by atoms with van der Waals surface area (Å²) in [6.45, 7) is -0.402. The van der Waals surface area contributed by atoms with Crippen molar-refractivity contribution in [3.63, 3.8) is 0 Å². The zero-order valence-corrected chi connectivity index (χ0v) is 17.3. The highest BCUT2D eigenvalue weighted by atomic mass is 79.9. The van der Waals surface area contributed by atoms with Crippen LogP contribution in [0.4, 0.5) is 5.69 Å². The number of halogens is 1. The van der Waals surface area contributed by atoms with Crippen molar-refractivity contribution in [2.75, 3.05) is 11.9 Å². The number of para-hydroxylation sites is 1. The number of esters is 1. The van der Waals surface area contributed by atoms with Gasteiger partial charge in [-0.3, -0.25) is 9.78 Å². The van der Waals surface area contributed by atoms with Gasteiger partial charge in [-0.1, -0.05) is 46.3 Å². The number of carbonyl (C=O) groups is 2. The van der Waals surface area contributed by atoms with E-state index in [1.165, 1.54) is 0 Å². The molecule has 0 saturated heterocycles. The fraction of sp³-hybridized carbons (Fsp3) is 0.0435. The number of nitrogens with zero attached hydrogens (tertiary/aromatic N) is 2. The molecular formula is C23H16BrN3O3. The summed E-state index contributed by atoms with van der Waals surface area (Å²) in [6, 6.07) is 21.6. The first-order valence-electron chi connectivity index (χ1n) is 9.14. The van der Waals surface area contributed by atoms with E-state index in [1.54, 1.807) is 36.5 Å². The molecule has 148 valence electrons. The summed E-state index contributed by atoms with van der Waals surface area (Å²) in [4.78, 5) is 33.9. The first-order valence-corrected chi connectivity index (χ1v) is 9.93. The molecular weight excluding hydrogens is 446 g/mol. The van der Waals surface area contributed by atoms with Gasteiger partial charge in [-0.25, -0.2) is 9.78 Å². The third kappa shape index (κ3) is 4.52. The van der Waals surface area contributed by atoms with E-state index >= 15 is 0 Å². The maximum Gasteiger partial charge on any atom is 0.339 e. The first-order chi connectivity index (χ1) is 14.6. The maximum absolute atomic E-state index is 12.8. The molecule has 0 spiro atoms. The monoisotopic (exact) mass is 461 g/mol. The van der Waals surface area contributed by atoms with Gasteiger partial charge in [0.2, 0.25) is 0 Å². The third-order valence-corrected chi connectivity index (χ3v) is 4.80. The number of anilines is 1. The molecule has 4 aromatic rings. The molecule has 7 heteroatoms. The van der Waals surface area contributed by atoms with Crippen LogP contribution in [0.3, 0.4) is 0 Å². The lowest BCUT2D eigenvalue weighted by Crippen LogP contribution is -2.21. The van der Waals surface area contributed by atoms with E-state index in [4.69, 9.17) is 4.74 Å². The summed E-state index contributed by atoms with van der Waals surface area (Å²) in [7, 11) is 0. The summed E-state index contributed by atoms with van der Waals surface area (Å²) in [5.74, 6) is -1.03. The summed E-state index contributed by atoms with van der Waals surface area (Å²) in [5.41, 5.74) is 2.78. The van der Waals surface area contributed by atoms with E-state index in [1.807, 2.05) is 42.5 Å². The Kier molecular flexibility index (Phi) is 5.81. The van der Waals surface area contributed by atoms with Crippen LogP contribution >= 0.6 is 15.9 Å². The van der Waals surface area contributed by atoms with Gasteiger partial charge in [-0.05, 0) is 42.5 Å². The minimum absolute atomic E-state index is 0.330. The van der Waals surface area contributed by atoms with Crippen molar-refractivity contribution >= 4 is 44.4 Å². The van der Waals surface area contributed by atoms with E-state index in [-0.39, 0.29) is 0 Å². The van der Waals surface area contributed by atoms with Crippen LogP contribution in [0.15, 0.2) is 83.5 Å². The van der Waals surface area contributed by atoms with Gasteiger partial charge in [0.15, 0.2) is 6.61 Å². The molecule has 0 fully saturated rings. The molecule has 2 aromatic carbocycles. The zero-order valence-electron chi connectivity index (χ0n) is 15.7. The highest BCUT2D eigenvalue weighted by Crippen LogP contribution is 2.24. The first kappa shape index (κ1) is 19.7. The van der Waals surface area contributed by atoms with Gasteiger partial charge in [-0.2, -0.15) is 0 Å². The topological polar surface area (TPSA) is 81.2 Å². The Hall–Kier alpha value is -3.58. The average Bonchev–Trinajstić information content (AvgIpc) is 2.77. The Labute approximate surface area is 181 Å². The van der Waals surface area contributed by atoms with Crippen LogP contribution in [0, 0.1) is 0 Å². The Bertz CT molecular complexity index is 1230. The van der Waals surface area contributed by atoms with Crippen LogP contribution in [0.1, 0.15) is 10.4 Å². The molecule has 0 aliphatic rings. The average molecular weight is 462 g/mol. The van der Waals surface area contributed by atoms with E-state index in [2.05, 4.69) is 31.2 Å². The summed E-state index contributed by atoms with van der Waals surface area (Å²) in [6.07, 6.45) is 1.66. The second-order valence-electron chi connectivity index (χ2n) is 6.42. The number of amides is 1. The van der Waals surface area contributed by atoms with E-state index in [0.29, 0.717) is 33.5 Å². The summed E-state index contributed by atoms with van der Waals surface area (Å²) < 4.78 is 6.12. The second kappa shape index (κ2) is 8.84. The lowest BCUT2D eigenvalue weighted by Gasteiger charge is -2.10. The molecule has 2 aromatic heterocycles. The molecule has 0 bridgehead atoms. The number of nitrogens with one attached hydrogen (secondary N) is 1. The van der Waals surface area contributed by atoms with Gasteiger partial charge in [0.1, 0.15) is 0 Å². The minimum atomic E-state index is -0.602. The number of rotatable bonds is 5. The van der Waals surface area contributed by atoms with Crippen LogP contribution in [0.5, 0.6) is 0 Å². The molecule has 4 rings (SSSR count). The van der Waals surface area contributed by atoms with Gasteiger partial charge >= 0.3 is 5.97 Å². The molecule has 1 N–H and O–H groups in total. The summed E-state index contributed by atoms with van der Waals surface area (Å²) in [5, 5.41) is 3.34. The molecule has 6 nitrogen and oxygen atoms in total. The van der Waals surface area contributed by atoms with Crippen molar-refractivity contribution in [2.24, 2.45) is 0 Å². The van der Waals surface area contributed by atoms with Crippen molar-refractivity contribution in [1.29, 1.82) is 0 Å². The normalized spacial score (nSPS) is 10.6. The van der Waals surface area contributed by atoms with Gasteiger partial charge in [0, 0.05) is 21.7 Å². The molecule has 0 unspecified atom stereocenters. The van der Waals surface area contributed by atoms with Crippen molar-refractivity contribution < 1.29 is 14.3 Å². The number of carbonyl (C=O) groups excluding carboxylic acids is 2. The van der Waals surface area contributed by atoms with Crippen molar-refractivity contribution in [3.05, 3.63) is 89.0 Å². The SMILES string of the molecule is O=C(COC(=O)c1cc(-c2ccccn2)nc2ccccc12)Nc1cccc(Br)c1. The lowest BCUT2D eigenvalue weighted by atomic mass is 10.1. The number of aromatic nitrogens is 2. The molecule has 0 aliphatic carbocycles. The molecule has 0 aliphatic heterocycles. The molecule has 0 saturated carbocycles. The van der Waals surface area contributed by atoms with Gasteiger partial charge < -0.3 is 10.1 Å². The zero-order chi connectivity index (χ0) is 20.9. The van der Waals surface area contributed by atoms with Crippen LogP contribution < -0.4 is 5.32 Å². The maximum atomic E-state index is 12.8. The van der Waals surface area contributed by atoms with Crippen LogP contribution in [-0.4, -0.2) is 28.5 Å². The quantitative estimate of drug-likeness (QED) is 0.429. The Morgan fingerprint density at radius 3 is 2.57 bits per heavy atom. The number of pyridine rings is 2. The van der Waals surface area contributed by atoms with Gasteiger partial charge in [-0.15, -0.1) is 0 Å². The molecule has 2 heterocycles. The Morgan fingerprint density at radius 1 is 0.933 bits per heavy atom. The van der Waals surface area contributed by atoms with Crippen LogP contribution in [0.2, 0.25) is 0 Å². The van der Waals surface area contributed by atoms with Crippen LogP contribution in [0.25, 0.3) is 22.3 Å². The number of hydrogen-bond donors (Lipinski definition) is 1. The van der Waals surface area contributed by atoms with Crippen molar-refractivity contribution in [3.8, 4) is 11.4 Å². The number of fused-ring (bicyclic) bond motifs is 1. The molecule has 0 atom stereocenters. The van der Waals surface area contributed by atoms with Crippen molar-refractivity contribution in [1.82, 2.24) is 9.97 Å². The van der Waals surface area contributed by atoms with Gasteiger partial charge in [0.05, 0.1) is 22.5 Å². The van der Waals surface area contributed by atoms with Gasteiger partial charge in [0.25, 0.3) is 5.91 Å². The highest BCUT2D eigenvalue weighted by molar-refractivity contribution is 9.10. The third-order valence-electron chi connectivity index (χ3n) is 4.31. The minimum Gasteiger partial charge on any atom is -0.452 e. The lowest BCUT2D eigenvalue weighted by molar-refractivity contribution is -0.119. The van der Waals surface area contributed by atoms with Crippen LogP contribution in [-0.2, 0) is 9.53 Å². The Morgan fingerprint density at radius 2 is 1.77 bits per heavy atom. The van der Waals surface area contributed by atoms with Crippen molar-refractivity contribution in [2.45, 2.75) is 0 Å². The highest BCUT2D eigenvalue weighted by Gasteiger charge is 2.17. The fourth-order valence-corrected chi connectivity index (χ4v) is 3.36. The molecule has 0 radical (unpaired) electrons. The van der Waals surface area contributed by atoms with E-state index < -0.39 is 18.5 Å². The summed E-state index contributed by atoms with van der Waals surface area (Å²) >= 11 is 3.35. The second-order valence-corrected chi connectivity index (χ2v) is 7.34. The number of benzene rings is 2. The number of hydrogen-bond acceptors (Lipinski definition) is 5. The predicted octanol–water partition coefficient (Wildman–Crippen LogP) is 4.85. The smallest absolute Gasteiger partial charge is 0.339 e. The van der Waals surface area contributed by atoms with E-state index in [9.17, 15) is 9.59 Å². The number of ether oxygens (including phenoxy) is 1. The predicted molar refractivity (Wildman–Crippen MR) is 118 cm³/mol. The molecule has 30 heavy (non-hydrogen) atoms.